The van der Waals surface area contributed by atoms with E-state index in [2.05, 4.69) is 228 Å². The quantitative estimate of drug-likeness (QED) is 0.104. The number of unbranched alkanes of at least 4 members (excludes halogenated alkanes) is 1. The lowest BCUT2D eigenvalue weighted by atomic mass is 10.1. The topological polar surface area (TPSA) is 16.3 Å². The number of thiol groups is 1. The average molecular weight is 781 g/mol. The molecule has 0 aliphatic heterocycles. The van der Waals surface area contributed by atoms with Gasteiger partial charge >= 0.3 is 0 Å². The highest BCUT2D eigenvalue weighted by Gasteiger charge is 2.18. The number of hydrogen-bond acceptors (Lipinski definition) is 3. The Kier molecular flexibility index (Phi) is 9.73. The zero-order valence-corrected chi connectivity index (χ0v) is 33.9. The van der Waals surface area contributed by atoms with Gasteiger partial charge in [-0.15, -0.1) is 0 Å². The van der Waals surface area contributed by atoms with Gasteiger partial charge in [0.2, 0.25) is 0 Å². The van der Waals surface area contributed by atoms with Crippen molar-refractivity contribution >= 4 is 103 Å². The van der Waals surface area contributed by atoms with E-state index >= 15 is 0 Å². The second-order valence-electron chi connectivity index (χ2n) is 15.1. The highest BCUT2D eigenvalue weighted by Crippen LogP contribution is 2.41. The highest BCUT2D eigenvalue weighted by atomic mass is 32.1. The lowest BCUT2D eigenvalue weighted by molar-refractivity contribution is 0.665. The van der Waals surface area contributed by atoms with Crippen LogP contribution < -0.4 is 9.80 Å². The number of hydrogen-bond donors (Lipinski definition) is 1. The number of nitrogens with zero attached hydrogens (tertiary/aromatic N) is 4. The average Bonchev–Trinajstić information content (AvgIpc) is 3.77. The third kappa shape index (κ3) is 6.84. The smallest absolute Gasteiger partial charge is 0.0603 e. The molecule has 286 valence electrons. The van der Waals surface area contributed by atoms with Crippen molar-refractivity contribution in [3.63, 3.8) is 0 Å². The van der Waals surface area contributed by atoms with E-state index < -0.39 is 0 Å². The minimum Gasteiger partial charge on any atom is -0.340 e. The maximum Gasteiger partial charge on any atom is 0.0603 e. The molecule has 10 aromatic rings. The molecule has 59 heavy (non-hydrogen) atoms. The van der Waals surface area contributed by atoms with E-state index in [9.17, 15) is 0 Å². The predicted molar refractivity (Wildman–Crippen MR) is 256 cm³/mol. The van der Waals surface area contributed by atoms with Gasteiger partial charge in [0.25, 0.3) is 0 Å². The number of anilines is 6. The molecule has 8 aromatic carbocycles. The molecule has 0 amide bonds. The third-order valence-electron chi connectivity index (χ3n) is 11.4. The van der Waals surface area contributed by atoms with Crippen LogP contribution in [-0.4, -0.2) is 8.54 Å². The minimum atomic E-state index is 1.02. The van der Waals surface area contributed by atoms with Crippen LogP contribution in [0.3, 0.4) is 0 Å². The Labute approximate surface area is 351 Å². The fourth-order valence-corrected chi connectivity index (χ4v) is 8.88. The van der Waals surface area contributed by atoms with Gasteiger partial charge in [0.15, 0.2) is 0 Å². The van der Waals surface area contributed by atoms with Gasteiger partial charge in [-0.25, -0.2) is 0 Å². The molecule has 2 heterocycles. The largest absolute Gasteiger partial charge is 0.340 e. The SMILES string of the molecule is CCCCn1c2ccccc2c2cc(N(c3ccccc3)c3ccc(/C=C/c4ccc(N(c5ccccc5)c5ccc6c(c5)c5ccccc5n6S)cc4)cc3)ccc21. The Balaban J connectivity index is 0.940. The summed E-state index contributed by atoms with van der Waals surface area (Å²) in [6.07, 6.45) is 6.71. The maximum absolute atomic E-state index is 4.82. The van der Waals surface area contributed by atoms with Crippen molar-refractivity contribution < 1.29 is 0 Å². The second kappa shape index (κ2) is 15.8. The summed E-state index contributed by atoms with van der Waals surface area (Å²) >= 11 is 4.82. The van der Waals surface area contributed by atoms with Gasteiger partial charge in [-0.2, -0.15) is 0 Å². The molecule has 5 heteroatoms. The van der Waals surface area contributed by atoms with E-state index in [1.807, 2.05) is 3.97 Å². The fourth-order valence-electron chi connectivity index (χ4n) is 8.53. The number of rotatable bonds is 11. The van der Waals surface area contributed by atoms with Crippen molar-refractivity contribution in [1.82, 2.24) is 8.54 Å². The molecular formula is C54H44N4S. The molecular weight excluding hydrogens is 737 g/mol. The van der Waals surface area contributed by atoms with Gasteiger partial charge in [-0.05, 0) is 115 Å². The summed E-state index contributed by atoms with van der Waals surface area (Å²) in [4.78, 5) is 4.67. The Morgan fingerprint density at radius 2 is 0.797 bits per heavy atom. The Morgan fingerprint density at radius 1 is 0.407 bits per heavy atom. The zero-order chi connectivity index (χ0) is 39.7. The van der Waals surface area contributed by atoms with Crippen LogP contribution in [0.15, 0.2) is 194 Å². The molecule has 0 spiro atoms. The molecule has 0 fully saturated rings. The second-order valence-corrected chi connectivity index (χ2v) is 15.5. The first-order valence-corrected chi connectivity index (χ1v) is 20.9. The van der Waals surface area contributed by atoms with Gasteiger partial charge in [0.1, 0.15) is 0 Å². The standard InChI is InChI=1S/C54H44N4S/c1-2-3-36-55-51-20-12-10-18-47(51)49-37-45(32-34-52(49)55)56(41-14-6-4-7-15-41)43-28-24-39(25-29-43)22-23-40-26-30-44(31-27-40)57(42-16-8-5-9-17-42)46-33-35-54-50(38-46)48-19-11-13-21-53(48)58(54)59/h4-35,37-38,59H,2-3,36H2,1H3/b23-22+. The van der Waals surface area contributed by atoms with Crippen LogP contribution in [-0.2, 0) is 6.54 Å². The summed E-state index contributed by atoms with van der Waals surface area (Å²) < 4.78 is 4.47. The van der Waals surface area contributed by atoms with Crippen LogP contribution in [0.1, 0.15) is 30.9 Å². The van der Waals surface area contributed by atoms with Crippen molar-refractivity contribution in [2.45, 2.75) is 26.3 Å². The van der Waals surface area contributed by atoms with Crippen molar-refractivity contribution in [1.29, 1.82) is 0 Å². The molecule has 0 bridgehead atoms. The van der Waals surface area contributed by atoms with E-state index in [1.54, 1.807) is 0 Å². The molecule has 0 radical (unpaired) electrons. The first-order chi connectivity index (χ1) is 29.1. The van der Waals surface area contributed by atoms with Crippen molar-refractivity contribution in [3.05, 3.63) is 205 Å². The van der Waals surface area contributed by atoms with E-state index in [0.717, 1.165) is 69.3 Å². The zero-order valence-electron chi connectivity index (χ0n) is 33.0. The molecule has 0 saturated heterocycles. The molecule has 10 rings (SSSR count). The summed E-state index contributed by atoms with van der Waals surface area (Å²) in [5, 5.41) is 4.96. The van der Waals surface area contributed by atoms with Crippen LogP contribution in [0.2, 0.25) is 0 Å². The molecule has 4 nitrogen and oxygen atoms in total. The molecule has 0 N–H and O–H groups in total. The van der Waals surface area contributed by atoms with Gasteiger partial charge in [0, 0.05) is 73.2 Å². The summed E-state index contributed by atoms with van der Waals surface area (Å²) in [6.45, 7) is 3.28. The number of aryl methyl sites for hydroxylation is 1. The Hall–Kier alpha value is -6.95. The first-order valence-electron chi connectivity index (χ1n) is 20.5. The van der Waals surface area contributed by atoms with Crippen LogP contribution in [0.5, 0.6) is 0 Å². The molecule has 0 aliphatic rings. The van der Waals surface area contributed by atoms with Crippen molar-refractivity contribution in [3.8, 4) is 0 Å². The summed E-state index contributed by atoms with van der Waals surface area (Å²) in [6, 6.07) is 69.7. The minimum absolute atomic E-state index is 1.02. The summed E-state index contributed by atoms with van der Waals surface area (Å²) in [5.41, 5.74) is 13.7. The number of benzene rings is 8. The monoisotopic (exact) mass is 780 g/mol. The van der Waals surface area contributed by atoms with Gasteiger partial charge in [0.05, 0.1) is 11.0 Å². The predicted octanol–water partition coefficient (Wildman–Crippen LogP) is 15.5. The fraction of sp³-hybridized carbons (Fsp3) is 0.0741. The normalized spacial score (nSPS) is 11.7. The van der Waals surface area contributed by atoms with E-state index in [-0.39, 0.29) is 0 Å². The molecule has 0 aliphatic carbocycles. The van der Waals surface area contributed by atoms with Crippen molar-refractivity contribution in [2.75, 3.05) is 9.80 Å². The number of fused-ring (bicyclic) bond motifs is 6. The van der Waals surface area contributed by atoms with Crippen LogP contribution in [0.4, 0.5) is 34.1 Å². The van der Waals surface area contributed by atoms with Crippen molar-refractivity contribution in [2.24, 2.45) is 0 Å². The van der Waals surface area contributed by atoms with Crippen LogP contribution in [0.25, 0.3) is 55.8 Å². The van der Waals surface area contributed by atoms with Gasteiger partial charge < -0.3 is 14.4 Å². The van der Waals surface area contributed by atoms with E-state index in [1.165, 1.54) is 39.0 Å². The van der Waals surface area contributed by atoms with Gasteiger partial charge in [-0.3, -0.25) is 3.97 Å². The lowest BCUT2D eigenvalue weighted by Crippen LogP contribution is -2.09. The lowest BCUT2D eigenvalue weighted by Gasteiger charge is -2.26. The van der Waals surface area contributed by atoms with Gasteiger partial charge in [-0.1, -0.05) is 135 Å². The third-order valence-corrected chi connectivity index (χ3v) is 11.9. The highest BCUT2D eigenvalue weighted by molar-refractivity contribution is 7.79. The molecule has 0 atom stereocenters. The Bertz CT molecular complexity index is 3090. The number of aromatic nitrogens is 2. The summed E-state index contributed by atoms with van der Waals surface area (Å²) in [7, 11) is 0. The Morgan fingerprint density at radius 3 is 1.34 bits per heavy atom. The van der Waals surface area contributed by atoms with E-state index in [4.69, 9.17) is 12.8 Å². The molecule has 0 saturated carbocycles. The number of para-hydroxylation sites is 4. The van der Waals surface area contributed by atoms with Crippen LogP contribution >= 0.6 is 12.8 Å². The summed E-state index contributed by atoms with van der Waals surface area (Å²) in [5.74, 6) is 0. The molecule has 2 aromatic heterocycles. The first kappa shape index (κ1) is 36.4. The van der Waals surface area contributed by atoms with E-state index in [0.29, 0.717) is 0 Å². The maximum atomic E-state index is 4.82. The van der Waals surface area contributed by atoms with Crippen LogP contribution in [0, 0.1) is 0 Å². The molecule has 0 unspecified atom stereocenters.